The predicted octanol–water partition coefficient (Wildman–Crippen LogP) is 2.01. The third-order valence-electron chi connectivity index (χ3n) is 4.92. The number of nitrogens with zero attached hydrogens (tertiary/aromatic N) is 1. The van der Waals surface area contributed by atoms with Gasteiger partial charge in [0, 0.05) is 0 Å². The van der Waals surface area contributed by atoms with Gasteiger partial charge in [0.1, 0.15) is 5.60 Å². The van der Waals surface area contributed by atoms with Crippen molar-refractivity contribution in [3.63, 3.8) is 0 Å². The molecule has 1 N–H and O–H groups in total. The summed E-state index contributed by atoms with van der Waals surface area (Å²) >= 11 is 0. The number of aliphatic carboxylic acids is 1. The highest BCUT2D eigenvalue weighted by Gasteiger charge is 2.60. The summed E-state index contributed by atoms with van der Waals surface area (Å²) in [6.45, 7) is 0. The molecule has 0 spiro atoms. The summed E-state index contributed by atoms with van der Waals surface area (Å²) < 4.78 is 0. The van der Waals surface area contributed by atoms with Crippen LogP contribution in [0.2, 0.25) is 0 Å². The fourth-order valence-electron chi connectivity index (χ4n) is 5.16. The van der Waals surface area contributed by atoms with E-state index in [1.54, 1.807) is 0 Å². The van der Waals surface area contributed by atoms with E-state index in [0.717, 1.165) is 32.1 Å². The quantitative estimate of drug-likeness (QED) is 0.613. The molecule has 0 unspecified atom stereocenters. The molecule has 2 atom stereocenters. The van der Waals surface area contributed by atoms with Crippen LogP contribution in [0.5, 0.6) is 0 Å². The molecule has 4 saturated carbocycles. The third-order valence-corrected chi connectivity index (χ3v) is 4.92. The van der Waals surface area contributed by atoms with Gasteiger partial charge in [-0.1, -0.05) is 0 Å². The fraction of sp³-hybridized carbons (Fsp3) is 0.917. The molecule has 4 aliphatic rings. The monoisotopic (exact) mass is 255 g/mol. The number of carboxylic acid groups (broad SMARTS) is 1. The molecular weight excluding hydrogens is 238 g/mol. The van der Waals surface area contributed by atoms with Crippen molar-refractivity contribution >= 4 is 5.97 Å². The summed E-state index contributed by atoms with van der Waals surface area (Å²) in [5.41, 5.74) is -0.949. The summed E-state index contributed by atoms with van der Waals surface area (Å²) in [5.74, 6) is 0.0179. The molecule has 0 saturated heterocycles. The van der Waals surface area contributed by atoms with E-state index in [9.17, 15) is 14.9 Å². The van der Waals surface area contributed by atoms with Crippen LogP contribution >= 0.6 is 0 Å². The minimum absolute atomic E-state index is 0.128. The highest BCUT2D eigenvalue weighted by molar-refractivity contribution is 5.67. The lowest BCUT2D eigenvalue weighted by Gasteiger charge is -2.60. The van der Waals surface area contributed by atoms with Crippen LogP contribution in [-0.4, -0.2) is 21.8 Å². The number of hydrogen-bond donors (Lipinski definition) is 1. The van der Waals surface area contributed by atoms with E-state index in [1.165, 1.54) is 0 Å². The van der Waals surface area contributed by atoms with Crippen molar-refractivity contribution in [3.05, 3.63) is 10.1 Å². The predicted molar refractivity (Wildman–Crippen MR) is 60.2 cm³/mol. The van der Waals surface area contributed by atoms with Gasteiger partial charge in [-0.3, -0.25) is 4.79 Å². The molecule has 0 radical (unpaired) electrons. The van der Waals surface area contributed by atoms with Crippen molar-refractivity contribution < 1.29 is 19.8 Å². The highest BCUT2D eigenvalue weighted by atomic mass is 17.0. The topological polar surface area (TPSA) is 89.7 Å². The molecule has 4 bridgehead atoms. The summed E-state index contributed by atoms with van der Waals surface area (Å²) in [7, 11) is 0. The summed E-state index contributed by atoms with van der Waals surface area (Å²) in [5, 5.41) is 19.0. The van der Waals surface area contributed by atoms with Gasteiger partial charge in [0.2, 0.25) is 0 Å². The molecule has 18 heavy (non-hydrogen) atoms. The molecule has 0 aromatic rings. The van der Waals surface area contributed by atoms with Crippen LogP contribution in [-0.2, 0) is 9.63 Å². The van der Waals surface area contributed by atoms with Gasteiger partial charge < -0.3 is 9.94 Å². The molecule has 0 aliphatic heterocycles. The van der Waals surface area contributed by atoms with Crippen LogP contribution in [0.3, 0.4) is 0 Å². The lowest BCUT2D eigenvalue weighted by Crippen LogP contribution is -2.57. The van der Waals surface area contributed by atoms with Gasteiger partial charge in [0.05, 0.1) is 6.42 Å². The molecular formula is C12H17NO5. The Morgan fingerprint density at radius 2 is 1.94 bits per heavy atom. The number of rotatable bonds is 4. The van der Waals surface area contributed by atoms with E-state index in [-0.39, 0.29) is 11.8 Å². The summed E-state index contributed by atoms with van der Waals surface area (Å²) in [6, 6.07) is 0. The largest absolute Gasteiger partial charge is 0.481 e. The van der Waals surface area contributed by atoms with Crippen molar-refractivity contribution in [1.29, 1.82) is 0 Å². The van der Waals surface area contributed by atoms with Crippen LogP contribution in [0, 0.1) is 27.4 Å². The molecule has 0 aromatic heterocycles. The Morgan fingerprint density at radius 3 is 2.44 bits per heavy atom. The highest BCUT2D eigenvalue weighted by Crippen LogP contribution is 2.63. The lowest BCUT2D eigenvalue weighted by molar-refractivity contribution is -0.785. The van der Waals surface area contributed by atoms with Gasteiger partial charge in [-0.05, 0) is 55.8 Å². The molecule has 6 nitrogen and oxygen atoms in total. The first-order chi connectivity index (χ1) is 8.40. The maximum atomic E-state index is 11.0. The molecule has 100 valence electrons. The van der Waals surface area contributed by atoms with Gasteiger partial charge in [-0.2, -0.15) is 0 Å². The second-order valence-corrected chi connectivity index (χ2v) is 6.53. The first kappa shape index (κ1) is 11.7. The lowest BCUT2D eigenvalue weighted by atomic mass is 9.47. The molecule has 4 aliphatic carbocycles. The van der Waals surface area contributed by atoms with E-state index in [4.69, 9.17) is 9.94 Å². The second-order valence-electron chi connectivity index (χ2n) is 6.53. The first-order valence-electron chi connectivity index (χ1n) is 6.46. The minimum atomic E-state index is -0.798. The van der Waals surface area contributed by atoms with Crippen molar-refractivity contribution in [2.75, 3.05) is 0 Å². The van der Waals surface area contributed by atoms with Gasteiger partial charge in [0.15, 0.2) is 0 Å². The van der Waals surface area contributed by atoms with Crippen LogP contribution in [0.15, 0.2) is 0 Å². The zero-order valence-electron chi connectivity index (χ0n) is 10.1. The van der Waals surface area contributed by atoms with E-state index in [2.05, 4.69) is 0 Å². The average molecular weight is 255 g/mol. The van der Waals surface area contributed by atoms with E-state index in [1.807, 2.05) is 0 Å². The molecule has 4 rings (SSSR count). The van der Waals surface area contributed by atoms with Crippen LogP contribution in [0.25, 0.3) is 0 Å². The van der Waals surface area contributed by atoms with Crippen molar-refractivity contribution in [2.45, 2.75) is 50.5 Å². The molecule has 4 fully saturated rings. The maximum Gasteiger partial charge on any atom is 0.303 e. The van der Waals surface area contributed by atoms with Gasteiger partial charge >= 0.3 is 5.97 Å². The van der Waals surface area contributed by atoms with E-state index < -0.39 is 16.7 Å². The van der Waals surface area contributed by atoms with E-state index >= 15 is 0 Å². The molecule has 0 amide bonds. The van der Waals surface area contributed by atoms with Crippen LogP contribution in [0.1, 0.15) is 44.9 Å². The second kappa shape index (κ2) is 3.59. The fourth-order valence-corrected chi connectivity index (χ4v) is 5.16. The SMILES string of the molecule is O=C(O)CC12C[C@H]3C[C@H](C1)CC(O[N+](=O)[O-])(C3)C2. The van der Waals surface area contributed by atoms with Crippen molar-refractivity contribution in [1.82, 2.24) is 0 Å². The van der Waals surface area contributed by atoms with Gasteiger partial charge in [0.25, 0.3) is 5.09 Å². The molecule has 0 heterocycles. The van der Waals surface area contributed by atoms with Crippen LogP contribution < -0.4 is 0 Å². The summed E-state index contributed by atoms with van der Waals surface area (Å²) in [4.78, 5) is 26.7. The summed E-state index contributed by atoms with van der Waals surface area (Å²) in [6.07, 6.45) is 5.02. The van der Waals surface area contributed by atoms with Gasteiger partial charge in [-0.25, -0.2) is 0 Å². The Hall–Kier alpha value is -1.33. The Kier molecular flexibility index (Phi) is 2.34. The Bertz CT molecular complexity index is 359. The normalized spacial score (nSPS) is 44.9. The molecule has 0 aromatic carbocycles. The molecule has 6 heteroatoms. The zero-order chi connectivity index (χ0) is 13.0. The smallest absolute Gasteiger partial charge is 0.303 e. The van der Waals surface area contributed by atoms with Gasteiger partial charge in [-0.15, -0.1) is 10.1 Å². The number of hydrogen-bond acceptors (Lipinski definition) is 4. The number of carboxylic acids is 1. The Labute approximate surface area is 104 Å². The maximum absolute atomic E-state index is 11.0. The standard InChI is InChI=1S/C12H17NO5/c14-10(15)6-11-2-8-1-9(3-11)5-12(4-8,7-11)18-13(16)17/h8-9H,1-7H2,(H,14,15)/t8-,9-,11?,12?/m1/s1. The average Bonchev–Trinajstić information content (AvgIpc) is 2.08. The van der Waals surface area contributed by atoms with Crippen molar-refractivity contribution in [3.8, 4) is 0 Å². The Morgan fingerprint density at radius 1 is 1.33 bits per heavy atom. The van der Waals surface area contributed by atoms with E-state index in [0.29, 0.717) is 18.3 Å². The van der Waals surface area contributed by atoms with Crippen LogP contribution in [0.4, 0.5) is 0 Å². The number of carbonyl (C=O) groups is 1. The third kappa shape index (κ3) is 1.83. The first-order valence-corrected chi connectivity index (χ1v) is 6.46. The zero-order valence-corrected chi connectivity index (χ0v) is 10.1. The van der Waals surface area contributed by atoms with Crippen molar-refractivity contribution in [2.24, 2.45) is 17.3 Å². The Balaban J connectivity index is 1.87. The minimum Gasteiger partial charge on any atom is -0.481 e.